The summed E-state index contributed by atoms with van der Waals surface area (Å²) in [6, 6.07) is 15.8. The van der Waals surface area contributed by atoms with E-state index in [4.69, 9.17) is 4.74 Å². The Hall–Kier alpha value is -2.13. The third kappa shape index (κ3) is 6.35. The van der Waals surface area contributed by atoms with Crippen LogP contribution in [0.3, 0.4) is 0 Å². The van der Waals surface area contributed by atoms with E-state index in [0.29, 0.717) is 0 Å². The fraction of sp³-hybridized carbons (Fsp3) is 0.409. The second-order valence-corrected chi connectivity index (χ2v) is 6.70. The van der Waals surface area contributed by atoms with Gasteiger partial charge in [-0.25, -0.2) is 0 Å². The maximum Gasteiger partial charge on any atom is 0.160 e. The van der Waals surface area contributed by atoms with Gasteiger partial charge in [0.05, 0.1) is 6.61 Å². The van der Waals surface area contributed by atoms with Crippen molar-refractivity contribution in [2.24, 2.45) is 0 Å². The lowest BCUT2D eigenvalue weighted by atomic mass is 9.97. The van der Waals surface area contributed by atoms with Crippen LogP contribution in [0.15, 0.2) is 48.5 Å². The normalized spacial score (nSPS) is 10.9. The molecule has 2 aromatic carbocycles. The van der Waals surface area contributed by atoms with E-state index in [1.54, 1.807) is 6.92 Å². The van der Waals surface area contributed by atoms with Crippen molar-refractivity contribution in [3.8, 4) is 16.9 Å². The molecule has 0 amide bonds. The van der Waals surface area contributed by atoms with Gasteiger partial charge in [-0.2, -0.15) is 0 Å². The first-order chi connectivity index (χ1) is 12.1. The molecule has 3 heteroatoms. The molecule has 134 valence electrons. The molecule has 0 aliphatic rings. The summed E-state index contributed by atoms with van der Waals surface area (Å²) in [4.78, 5) is 14.1. The van der Waals surface area contributed by atoms with Gasteiger partial charge in [0.1, 0.15) is 5.75 Å². The third-order valence-corrected chi connectivity index (χ3v) is 4.22. The number of Topliss-reactive ketones (excluding diaryl/α,β-unsaturated/α-hetero) is 1. The Morgan fingerprint density at radius 3 is 2.36 bits per heavy atom. The van der Waals surface area contributed by atoms with Crippen LogP contribution in [0.2, 0.25) is 0 Å². The Morgan fingerprint density at radius 2 is 1.68 bits per heavy atom. The molecule has 0 bridgehead atoms. The highest BCUT2D eigenvalue weighted by molar-refractivity contribution is 6.01. The predicted octanol–water partition coefficient (Wildman–Crippen LogP) is 5.06. The number of nitrogens with zero attached hydrogens (tertiary/aromatic N) is 1. The summed E-state index contributed by atoms with van der Waals surface area (Å²) in [5.74, 6) is 0.906. The Morgan fingerprint density at radius 1 is 0.960 bits per heavy atom. The van der Waals surface area contributed by atoms with Crippen LogP contribution in [0.1, 0.15) is 43.0 Å². The van der Waals surface area contributed by atoms with Gasteiger partial charge in [0.2, 0.25) is 0 Å². The lowest BCUT2D eigenvalue weighted by molar-refractivity contribution is 0.101. The third-order valence-electron chi connectivity index (χ3n) is 4.22. The van der Waals surface area contributed by atoms with Crippen LogP contribution in [-0.2, 0) is 0 Å². The number of hydrogen-bond acceptors (Lipinski definition) is 3. The molecule has 0 unspecified atom stereocenters. The molecule has 0 N–H and O–H groups in total. The van der Waals surface area contributed by atoms with E-state index in [2.05, 4.69) is 19.0 Å². The molecule has 0 radical (unpaired) electrons. The van der Waals surface area contributed by atoms with Crippen LogP contribution in [0.25, 0.3) is 11.1 Å². The maximum absolute atomic E-state index is 11.9. The average molecular weight is 339 g/mol. The zero-order valence-electron chi connectivity index (χ0n) is 15.6. The van der Waals surface area contributed by atoms with Gasteiger partial charge in [-0.1, -0.05) is 43.2 Å². The number of hydrogen-bond donors (Lipinski definition) is 0. The minimum Gasteiger partial charge on any atom is -0.494 e. The van der Waals surface area contributed by atoms with Gasteiger partial charge in [0, 0.05) is 5.56 Å². The number of unbranched alkanes of at least 4 members (excludes halogenated alkanes) is 3. The molecule has 2 aromatic rings. The van der Waals surface area contributed by atoms with Crippen LogP contribution in [0.4, 0.5) is 0 Å². The molecule has 2 rings (SSSR count). The maximum atomic E-state index is 11.9. The van der Waals surface area contributed by atoms with Gasteiger partial charge in [-0.3, -0.25) is 4.79 Å². The average Bonchev–Trinajstić information content (AvgIpc) is 2.61. The molecule has 0 saturated carbocycles. The highest BCUT2D eigenvalue weighted by Crippen LogP contribution is 2.28. The zero-order chi connectivity index (χ0) is 18.1. The number of ketones is 1. The quantitative estimate of drug-likeness (QED) is 0.448. The van der Waals surface area contributed by atoms with Crippen LogP contribution < -0.4 is 4.74 Å². The second-order valence-electron chi connectivity index (χ2n) is 6.70. The van der Waals surface area contributed by atoms with Gasteiger partial charge in [-0.05, 0) is 69.7 Å². The Kier molecular flexibility index (Phi) is 7.68. The molecule has 0 aliphatic carbocycles. The number of benzene rings is 2. The van der Waals surface area contributed by atoms with Crippen molar-refractivity contribution in [2.75, 3.05) is 27.2 Å². The summed E-state index contributed by atoms with van der Waals surface area (Å²) >= 11 is 0. The molecule has 0 fully saturated rings. The van der Waals surface area contributed by atoms with Crippen molar-refractivity contribution in [1.29, 1.82) is 0 Å². The molecule has 0 aliphatic heterocycles. The molecule has 25 heavy (non-hydrogen) atoms. The predicted molar refractivity (Wildman–Crippen MR) is 104 cm³/mol. The van der Waals surface area contributed by atoms with Crippen LogP contribution >= 0.6 is 0 Å². The van der Waals surface area contributed by atoms with Gasteiger partial charge >= 0.3 is 0 Å². The molecule has 0 saturated heterocycles. The lowest BCUT2D eigenvalue weighted by Crippen LogP contribution is -2.12. The minimum atomic E-state index is 0.0753. The molecule has 0 atom stereocenters. The van der Waals surface area contributed by atoms with Crippen molar-refractivity contribution in [3.05, 3.63) is 54.1 Å². The van der Waals surface area contributed by atoms with E-state index in [-0.39, 0.29) is 5.78 Å². The summed E-state index contributed by atoms with van der Waals surface area (Å²) in [6.07, 6.45) is 4.71. The monoisotopic (exact) mass is 339 g/mol. The SMILES string of the molecule is CC(=O)c1ccc(OCCCCCCN(C)C)cc1-c1ccccc1. The number of carbonyl (C=O) groups excluding carboxylic acids is 1. The number of ether oxygens (including phenoxy) is 1. The minimum absolute atomic E-state index is 0.0753. The van der Waals surface area contributed by atoms with Gasteiger partial charge in [0.15, 0.2) is 5.78 Å². The highest BCUT2D eigenvalue weighted by atomic mass is 16.5. The number of rotatable bonds is 10. The van der Waals surface area contributed by atoms with Crippen molar-refractivity contribution in [1.82, 2.24) is 4.90 Å². The largest absolute Gasteiger partial charge is 0.494 e. The Bertz CT molecular complexity index is 665. The summed E-state index contributed by atoms with van der Waals surface area (Å²) < 4.78 is 5.91. The van der Waals surface area contributed by atoms with E-state index < -0.39 is 0 Å². The summed E-state index contributed by atoms with van der Waals surface area (Å²) in [6.45, 7) is 3.47. The first kappa shape index (κ1) is 19.2. The molecule has 3 nitrogen and oxygen atoms in total. The molecule has 0 heterocycles. The van der Waals surface area contributed by atoms with Gasteiger partial charge in [-0.15, -0.1) is 0 Å². The lowest BCUT2D eigenvalue weighted by Gasteiger charge is -2.12. The fourth-order valence-corrected chi connectivity index (χ4v) is 2.85. The Labute approximate surface area is 151 Å². The van der Waals surface area contributed by atoms with E-state index in [0.717, 1.165) is 42.0 Å². The van der Waals surface area contributed by atoms with Gasteiger partial charge < -0.3 is 9.64 Å². The van der Waals surface area contributed by atoms with Crippen molar-refractivity contribution in [3.63, 3.8) is 0 Å². The first-order valence-corrected chi connectivity index (χ1v) is 9.06. The first-order valence-electron chi connectivity index (χ1n) is 9.06. The zero-order valence-corrected chi connectivity index (χ0v) is 15.6. The fourth-order valence-electron chi connectivity index (χ4n) is 2.85. The Balaban J connectivity index is 1.93. The van der Waals surface area contributed by atoms with E-state index in [1.165, 1.54) is 19.3 Å². The molecular weight excluding hydrogens is 310 g/mol. The van der Waals surface area contributed by atoms with Gasteiger partial charge in [0.25, 0.3) is 0 Å². The van der Waals surface area contributed by atoms with Crippen LogP contribution in [-0.4, -0.2) is 37.9 Å². The van der Waals surface area contributed by atoms with Crippen molar-refractivity contribution in [2.45, 2.75) is 32.6 Å². The van der Waals surface area contributed by atoms with Crippen molar-refractivity contribution < 1.29 is 9.53 Å². The summed E-state index contributed by atoms with van der Waals surface area (Å²) in [5, 5.41) is 0. The molecular formula is C22H29NO2. The van der Waals surface area contributed by atoms with Crippen molar-refractivity contribution >= 4 is 5.78 Å². The van der Waals surface area contributed by atoms with E-state index >= 15 is 0 Å². The topological polar surface area (TPSA) is 29.5 Å². The smallest absolute Gasteiger partial charge is 0.160 e. The van der Waals surface area contributed by atoms with Crippen LogP contribution in [0, 0.1) is 0 Å². The summed E-state index contributed by atoms with van der Waals surface area (Å²) in [7, 11) is 4.22. The van der Waals surface area contributed by atoms with Crippen LogP contribution in [0.5, 0.6) is 5.75 Å². The summed E-state index contributed by atoms with van der Waals surface area (Å²) in [5.41, 5.74) is 2.72. The van der Waals surface area contributed by atoms with E-state index in [1.807, 2.05) is 48.5 Å². The highest BCUT2D eigenvalue weighted by Gasteiger charge is 2.10. The molecule has 0 spiro atoms. The standard InChI is InChI=1S/C22H29NO2/c1-18(24)21-14-13-20(17-22(21)19-11-7-6-8-12-19)25-16-10-5-4-9-15-23(2)3/h6-8,11-14,17H,4-5,9-10,15-16H2,1-3H3. The molecule has 0 aromatic heterocycles. The second kappa shape index (κ2) is 10.00. The van der Waals surface area contributed by atoms with E-state index in [9.17, 15) is 4.79 Å². The number of carbonyl (C=O) groups is 1.